The first-order valence-electron chi connectivity index (χ1n) is 6.35. The second kappa shape index (κ2) is 8.08. The van der Waals surface area contributed by atoms with Crippen molar-refractivity contribution in [2.24, 2.45) is 0 Å². The minimum absolute atomic E-state index is 0.225. The zero-order chi connectivity index (χ0) is 15.0. The molecule has 0 amide bonds. The molecule has 0 aromatic heterocycles. The van der Waals surface area contributed by atoms with Crippen molar-refractivity contribution >= 4 is 21.2 Å². The van der Waals surface area contributed by atoms with Crippen LogP contribution >= 0.6 is 0 Å². The van der Waals surface area contributed by atoms with Gasteiger partial charge in [0.05, 0.1) is 29.5 Å². The molecule has 20 heavy (non-hydrogen) atoms. The second-order valence-corrected chi connectivity index (χ2v) is 6.42. The van der Waals surface area contributed by atoms with Gasteiger partial charge in [-0.3, -0.25) is 0 Å². The van der Waals surface area contributed by atoms with Gasteiger partial charge in [0.1, 0.15) is 0 Å². The van der Waals surface area contributed by atoms with Gasteiger partial charge in [-0.25, -0.2) is 8.42 Å². The van der Waals surface area contributed by atoms with Crippen LogP contribution in [0.15, 0.2) is 23.1 Å². The highest BCUT2D eigenvalue weighted by atomic mass is 32.2. The van der Waals surface area contributed by atoms with Gasteiger partial charge in [0.15, 0.2) is 9.84 Å². The largest absolute Gasteiger partial charge is 0.397 e. The fourth-order valence-electron chi connectivity index (χ4n) is 1.57. The molecule has 1 aromatic rings. The molecular weight excluding hydrogens is 280 g/mol. The van der Waals surface area contributed by atoms with E-state index in [4.69, 9.17) is 15.2 Å². The van der Waals surface area contributed by atoms with Crippen LogP contribution in [0.2, 0.25) is 0 Å². The maximum atomic E-state index is 11.4. The summed E-state index contributed by atoms with van der Waals surface area (Å²) < 4.78 is 33.0. The van der Waals surface area contributed by atoms with Crippen LogP contribution in [-0.2, 0) is 19.3 Å². The standard InChI is InChI=1S/C13H22N2O4S/c1-18-8-9-19-7-3-6-15-13-5-4-11(10-12(13)14)20(2,16)17/h4-5,10,15H,3,6-9,14H2,1-2H3. The Hall–Kier alpha value is -1.31. The average molecular weight is 302 g/mol. The zero-order valence-electron chi connectivity index (χ0n) is 11.9. The fourth-order valence-corrected chi connectivity index (χ4v) is 2.23. The van der Waals surface area contributed by atoms with Crippen LogP contribution in [0.5, 0.6) is 0 Å². The van der Waals surface area contributed by atoms with Crippen LogP contribution in [-0.4, -0.2) is 48.1 Å². The number of benzene rings is 1. The average Bonchev–Trinajstić information content (AvgIpc) is 2.38. The molecule has 1 aromatic carbocycles. The van der Waals surface area contributed by atoms with E-state index >= 15 is 0 Å². The number of methoxy groups -OCH3 is 1. The SMILES string of the molecule is COCCOCCCNc1ccc(S(C)(=O)=O)cc1N. The van der Waals surface area contributed by atoms with Crippen molar-refractivity contribution in [2.45, 2.75) is 11.3 Å². The topological polar surface area (TPSA) is 90.6 Å². The summed E-state index contributed by atoms with van der Waals surface area (Å²) in [6, 6.07) is 4.69. The molecule has 0 aliphatic carbocycles. The van der Waals surface area contributed by atoms with E-state index in [1.54, 1.807) is 19.2 Å². The first-order valence-corrected chi connectivity index (χ1v) is 8.24. The van der Waals surface area contributed by atoms with E-state index in [0.29, 0.717) is 32.1 Å². The molecule has 114 valence electrons. The van der Waals surface area contributed by atoms with Crippen molar-refractivity contribution in [1.29, 1.82) is 0 Å². The Balaban J connectivity index is 2.38. The normalized spacial score (nSPS) is 11.5. The maximum absolute atomic E-state index is 11.4. The number of nitrogen functional groups attached to an aromatic ring is 1. The number of rotatable bonds is 9. The lowest BCUT2D eigenvalue weighted by Gasteiger charge is -2.10. The third kappa shape index (κ3) is 5.77. The molecule has 6 nitrogen and oxygen atoms in total. The summed E-state index contributed by atoms with van der Waals surface area (Å²) in [7, 11) is -1.59. The third-order valence-corrected chi connectivity index (χ3v) is 3.77. The van der Waals surface area contributed by atoms with E-state index in [1.807, 2.05) is 0 Å². The third-order valence-electron chi connectivity index (χ3n) is 2.66. The smallest absolute Gasteiger partial charge is 0.175 e. The van der Waals surface area contributed by atoms with Crippen LogP contribution < -0.4 is 11.1 Å². The van der Waals surface area contributed by atoms with E-state index in [2.05, 4.69) is 5.32 Å². The van der Waals surface area contributed by atoms with Gasteiger partial charge in [-0.15, -0.1) is 0 Å². The van der Waals surface area contributed by atoms with E-state index in [0.717, 1.165) is 18.4 Å². The molecule has 0 heterocycles. The van der Waals surface area contributed by atoms with E-state index < -0.39 is 9.84 Å². The maximum Gasteiger partial charge on any atom is 0.175 e. The molecule has 0 saturated heterocycles. The molecule has 0 radical (unpaired) electrons. The van der Waals surface area contributed by atoms with E-state index in [-0.39, 0.29) is 4.90 Å². The molecule has 0 unspecified atom stereocenters. The number of anilines is 2. The summed E-state index contributed by atoms with van der Waals surface area (Å²) in [4.78, 5) is 0.225. The molecule has 0 saturated carbocycles. The van der Waals surface area contributed by atoms with Crippen molar-refractivity contribution in [2.75, 3.05) is 50.8 Å². The lowest BCUT2D eigenvalue weighted by Crippen LogP contribution is -2.09. The Bertz CT molecular complexity index is 517. The molecule has 0 aliphatic heterocycles. The molecule has 0 fully saturated rings. The number of hydrogen-bond donors (Lipinski definition) is 2. The quantitative estimate of drug-likeness (QED) is 0.525. The molecule has 0 spiro atoms. The summed E-state index contributed by atoms with van der Waals surface area (Å²) in [5.74, 6) is 0. The van der Waals surface area contributed by atoms with E-state index in [1.165, 1.54) is 6.07 Å². The summed E-state index contributed by atoms with van der Waals surface area (Å²) in [5.41, 5.74) is 6.98. The highest BCUT2D eigenvalue weighted by Gasteiger charge is 2.09. The summed E-state index contributed by atoms with van der Waals surface area (Å²) in [6.07, 6.45) is 1.99. The predicted octanol–water partition coefficient (Wildman–Crippen LogP) is 1.14. The highest BCUT2D eigenvalue weighted by Crippen LogP contribution is 2.22. The lowest BCUT2D eigenvalue weighted by molar-refractivity contribution is 0.0705. The zero-order valence-corrected chi connectivity index (χ0v) is 12.7. The first kappa shape index (κ1) is 16.7. The van der Waals surface area contributed by atoms with Crippen LogP contribution in [0.4, 0.5) is 11.4 Å². The molecule has 3 N–H and O–H groups in total. The fraction of sp³-hybridized carbons (Fsp3) is 0.538. The Morgan fingerprint density at radius 3 is 2.60 bits per heavy atom. The Morgan fingerprint density at radius 2 is 2.00 bits per heavy atom. The summed E-state index contributed by atoms with van der Waals surface area (Å²) >= 11 is 0. The highest BCUT2D eigenvalue weighted by molar-refractivity contribution is 7.90. The lowest BCUT2D eigenvalue weighted by atomic mass is 10.2. The predicted molar refractivity (Wildman–Crippen MR) is 79.8 cm³/mol. The van der Waals surface area contributed by atoms with Crippen LogP contribution in [0.25, 0.3) is 0 Å². The Morgan fingerprint density at radius 1 is 1.25 bits per heavy atom. The van der Waals surface area contributed by atoms with Crippen LogP contribution in [0, 0.1) is 0 Å². The number of sulfone groups is 1. The van der Waals surface area contributed by atoms with Crippen molar-refractivity contribution in [3.8, 4) is 0 Å². The number of nitrogens with one attached hydrogen (secondary N) is 1. The van der Waals surface area contributed by atoms with Crippen molar-refractivity contribution in [3.63, 3.8) is 0 Å². The van der Waals surface area contributed by atoms with Gasteiger partial charge in [0.2, 0.25) is 0 Å². The monoisotopic (exact) mass is 302 g/mol. The van der Waals surface area contributed by atoms with Crippen LogP contribution in [0.1, 0.15) is 6.42 Å². The van der Waals surface area contributed by atoms with Crippen molar-refractivity contribution in [1.82, 2.24) is 0 Å². The Kier molecular flexibility index (Phi) is 6.77. The van der Waals surface area contributed by atoms with Gasteiger partial charge in [-0.05, 0) is 24.6 Å². The minimum atomic E-state index is -3.22. The van der Waals surface area contributed by atoms with Gasteiger partial charge in [0, 0.05) is 26.5 Å². The van der Waals surface area contributed by atoms with Crippen LogP contribution in [0.3, 0.4) is 0 Å². The molecular formula is C13H22N2O4S. The molecule has 1 rings (SSSR count). The van der Waals surface area contributed by atoms with Gasteiger partial charge in [-0.2, -0.15) is 0 Å². The first-order chi connectivity index (χ1) is 9.45. The number of hydrogen-bond acceptors (Lipinski definition) is 6. The van der Waals surface area contributed by atoms with E-state index in [9.17, 15) is 8.42 Å². The molecule has 0 atom stereocenters. The Labute approximate surface area is 120 Å². The number of ether oxygens (including phenoxy) is 2. The molecule has 0 aliphatic rings. The van der Waals surface area contributed by atoms with Gasteiger partial charge in [0.25, 0.3) is 0 Å². The van der Waals surface area contributed by atoms with Gasteiger partial charge < -0.3 is 20.5 Å². The van der Waals surface area contributed by atoms with Crippen molar-refractivity contribution in [3.05, 3.63) is 18.2 Å². The van der Waals surface area contributed by atoms with Crippen molar-refractivity contribution < 1.29 is 17.9 Å². The number of nitrogens with two attached hydrogens (primary N) is 1. The minimum Gasteiger partial charge on any atom is -0.397 e. The second-order valence-electron chi connectivity index (χ2n) is 4.41. The molecule has 0 bridgehead atoms. The van der Waals surface area contributed by atoms with Gasteiger partial charge in [-0.1, -0.05) is 0 Å². The van der Waals surface area contributed by atoms with Gasteiger partial charge >= 0.3 is 0 Å². The summed E-state index contributed by atoms with van der Waals surface area (Å²) in [6.45, 7) is 2.52. The molecule has 7 heteroatoms. The summed E-state index contributed by atoms with van der Waals surface area (Å²) in [5, 5.41) is 3.15.